The lowest BCUT2D eigenvalue weighted by Gasteiger charge is -2.42. The number of benzene rings is 4. The van der Waals surface area contributed by atoms with Gasteiger partial charge in [-0.2, -0.15) is 0 Å². The van der Waals surface area contributed by atoms with E-state index in [0.717, 1.165) is 4.31 Å². The zero-order chi connectivity index (χ0) is 38.1. The van der Waals surface area contributed by atoms with Crippen molar-refractivity contribution < 1.29 is 46.5 Å². The van der Waals surface area contributed by atoms with Gasteiger partial charge in [-0.05, 0) is 48.5 Å². The summed E-state index contributed by atoms with van der Waals surface area (Å²) in [6.45, 7) is -0.106. The van der Waals surface area contributed by atoms with Crippen molar-refractivity contribution in [1.82, 2.24) is 9.80 Å². The summed E-state index contributed by atoms with van der Waals surface area (Å²) in [4.78, 5) is 45.0. The standard InChI is InChI=1S/C38H38ClN3O10S/c1-40(2)35(43)21-25-20-28(52-37(45)51-26-11-7-6-8-12-26)23-41(25)38(29-13-9-10-14-32(29)49-4)30-19-24(39)15-17-31(30)42(36(38)44)53(46,47)34-18-16-27(48-3)22-33(34)50-5/h6-19,22,25,28H,20-21,23H2,1-5H3/t25-,28+,38-/m0/s1. The Morgan fingerprint density at radius 3 is 2.23 bits per heavy atom. The van der Waals surface area contributed by atoms with E-state index in [9.17, 15) is 18.0 Å². The summed E-state index contributed by atoms with van der Waals surface area (Å²) < 4.78 is 58.2. The van der Waals surface area contributed by atoms with E-state index in [2.05, 4.69) is 0 Å². The second kappa shape index (κ2) is 15.0. The molecule has 0 aromatic heterocycles. The molecule has 2 heterocycles. The van der Waals surface area contributed by atoms with Crippen LogP contribution in [-0.4, -0.2) is 90.3 Å². The number of rotatable bonds is 11. The molecule has 0 saturated carbocycles. The van der Waals surface area contributed by atoms with Gasteiger partial charge in [0.1, 0.15) is 34.0 Å². The average molecular weight is 764 g/mol. The number of carbonyl (C=O) groups excluding carboxylic acids is 3. The Hall–Kier alpha value is -5.31. The number of nitrogens with zero attached hydrogens (tertiary/aromatic N) is 3. The molecule has 0 aliphatic carbocycles. The predicted octanol–water partition coefficient (Wildman–Crippen LogP) is 5.48. The van der Waals surface area contributed by atoms with Crippen molar-refractivity contribution >= 4 is 45.3 Å². The Bertz CT molecular complexity index is 2150. The van der Waals surface area contributed by atoms with E-state index in [1.165, 1.54) is 62.6 Å². The molecule has 1 fully saturated rings. The number of carbonyl (C=O) groups is 3. The minimum Gasteiger partial charge on any atom is -0.497 e. The van der Waals surface area contributed by atoms with Crippen LogP contribution in [0.25, 0.3) is 0 Å². The van der Waals surface area contributed by atoms with Crippen LogP contribution in [0.4, 0.5) is 10.5 Å². The number of halogens is 1. The summed E-state index contributed by atoms with van der Waals surface area (Å²) in [5.74, 6) is -0.353. The molecule has 53 heavy (non-hydrogen) atoms. The minimum absolute atomic E-state index is 0.0220. The summed E-state index contributed by atoms with van der Waals surface area (Å²) in [6.07, 6.45) is -1.88. The monoisotopic (exact) mass is 763 g/mol. The number of methoxy groups -OCH3 is 3. The third kappa shape index (κ3) is 6.73. The number of amides is 2. The average Bonchev–Trinajstić information content (AvgIpc) is 3.65. The lowest BCUT2D eigenvalue weighted by Crippen LogP contribution is -2.57. The molecule has 15 heteroatoms. The van der Waals surface area contributed by atoms with E-state index in [0.29, 0.717) is 5.75 Å². The molecule has 0 radical (unpaired) electrons. The first-order valence-electron chi connectivity index (χ1n) is 16.5. The number of anilines is 1. The molecule has 3 atom stereocenters. The number of hydrogen-bond donors (Lipinski definition) is 0. The largest absolute Gasteiger partial charge is 0.514 e. The van der Waals surface area contributed by atoms with Crippen molar-refractivity contribution in [3.05, 3.63) is 107 Å². The first kappa shape index (κ1) is 37.4. The Morgan fingerprint density at radius 1 is 0.849 bits per heavy atom. The van der Waals surface area contributed by atoms with Crippen LogP contribution in [-0.2, 0) is 29.9 Å². The molecule has 278 valence electrons. The van der Waals surface area contributed by atoms with E-state index in [1.54, 1.807) is 73.6 Å². The van der Waals surface area contributed by atoms with Crippen molar-refractivity contribution in [3.63, 3.8) is 0 Å². The van der Waals surface area contributed by atoms with Crippen LogP contribution in [0.2, 0.25) is 5.02 Å². The van der Waals surface area contributed by atoms with Gasteiger partial charge in [-0.1, -0.05) is 48.0 Å². The van der Waals surface area contributed by atoms with Gasteiger partial charge < -0.3 is 28.6 Å². The molecule has 1 saturated heterocycles. The van der Waals surface area contributed by atoms with Gasteiger partial charge in [0.15, 0.2) is 5.54 Å². The Morgan fingerprint density at radius 2 is 1.55 bits per heavy atom. The summed E-state index contributed by atoms with van der Waals surface area (Å²) in [7, 11) is 2.67. The van der Waals surface area contributed by atoms with Gasteiger partial charge in [-0.25, -0.2) is 17.5 Å². The molecule has 0 N–H and O–H groups in total. The summed E-state index contributed by atoms with van der Waals surface area (Å²) in [5, 5.41) is 0.219. The molecule has 2 aliphatic rings. The molecule has 4 aromatic carbocycles. The van der Waals surface area contributed by atoms with Gasteiger partial charge in [0, 0.05) is 61.7 Å². The molecule has 0 bridgehead atoms. The maximum Gasteiger partial charge on any atom is 0.514 e. The number of sulfonamides is 1. The fourth-order valence-corrected chi connectivity index (χ4v) is 8.77. The number of fused-ring (bicyclic) bond motifs is 1. The van der Waals surface area contributed by atoms with Crippen LogP contribution in [0.15, 0.2) is 95.9 Å². The quantitative estimate of drug-likeness (QED) is 0.142. The van der Waals surface area contributed by atoms with Crippen LogP contribution >= 0.6 is 11.6 Å². The van der Waals surface area contributed by atoms with E-state index < -0.39 is 39.8 Å². The highest BCUT2D eigenvalue weighted by Crippen LogP contribution is 2.55. The number of para-hydroxylation sites is 2. The third-order valence-corrected chi connectivity index (χ3v) is 11.3. The van der Waals surface area contributed by atoms with Gasteiger partial charge in [0.2, 0.25) is 5.91 Å². The van der Waals surface area contributed by atoms with E-state index in [-0.39, 0.29) is 69.3 Å². The van der Waals surface area contributed by atoms with Gasteiger partial charge in [-0.15, -0.1) is 0 Å². The zero-order valence-corrected chi connectivity index (χ0v) is 31.2. The van der Waals surface area contributed by atoms with Crippen LogP contribution in [0, 0.1) is 0 Å². The third-order valence-electron chi connectivity index (χ3n) is 9.37. The molecule has 2 amide bonds. The van der Waals surface area contributed by atoms with E-state index in [1.807, 2.05) is 0 Å². The van der Waals surface area contributed by atoms with Crippen molar-refractivity contribution in [1.29, 1.82) is 0 Å². The molecule has 2 aliphatic heterocycles. The molecule has 0 spiro atoms. The molecular formula is C38H38ClN3O10S. The molecule has 13 nitrogen and oxygen atoms in total. The second-order valence-electron chi connectivity index (χ2n) is 12.6. The highest BCUT2D eigenvalue weighted by molar-refractivity contribution is 7.93. The second-order valence-corrected chi connectivity index (χ2v) is 14.8. The van der Waals surface area contributed by atoms with Crippen molar-refractivity contribution in [3.8, 4) is 23.0 Å². The minimum atomic E-state index is -4.72. The molecular weight excluding hydrogens is 726 g/mol. The van der Waals surface area contributed by atoms with E-state index >= 15 is 4.79 Å². The van der Waals surface area contributed by atoms with Crippen molar-refractivity contribution in [2.75, 3.05) is 46.3 Å². The zero-order valence-electron chi connectivity index (χ0n) is 29.6. The normalized spacial score (nSPS) is 19.7. The number of hydrogen-bond acceptors (Lipinski definition) is 11. The Balaban J connectivity index is 1.56. The van der Waals surface area contributed by atoms with Crippen molar-refractivity contribution in [2.45, 2.75) is 35.4 Å². The number of likely N-dealkylation sites (tertiary alicyclic amines) is 1. The maximum absolute atomic E-state index is 15.6. The number of ether oxygens (including phenoxy) is 5. The summed E-state index contributed by atoms with van der Waals surface area (Å²) >= 11 is 6.65. The van der Waals surface area contributed by atoms with Gasteiger partial charge >= 0.3 is 6.16 Å². The highest BCUT2D eigenvalue weighted by Gasteiger charge is 2.63. The fraction of sp³-hybridized carbons (Fsp3) is 0.289. The summed E-state index contributed by atoms with van der Waals surface area (Å²) in [5.41, 5.74) is -1.46. The predicted molar refractivity (Wildman–Crippen MR) is 195 cm³/mol. The Labute approximate surface area is 312 Å². The molecule has 6 rings (SSSR count). The van der Waals surface area contributed by atoms with Crippen LogP contribution in [0.5, 0.6) is 23.0 Å². The summed E-state index contributed by atoms with van der Waals surface area (Å²) in [6, 6.07) is 23.0. The first-order valence-corrected chi connectivity index (χ1v) is 18.3. The van der Waals surface area contributed by atoms with Gasteiger partial charge in [0.05, 0.1) is 27.0 Å². The topological polar surface area (TPSA) is 141 Å². The van der Waals surface area contributed by atoms with Crippen molar-refractivity contribution in [2.24, 2.45) is 0 Å². The van der Waals surface area contributed by atoms with Crippen LogP contribution < -0.4 is 23.3 Å². The lowest BCUT2D eigenvalue weighted by molar-refractivity contribution is -0.133. The smallest absolute Gasteiger partial charge is 0.497 e. The van der Waals surface area contributed by atoms with Crippen LogP contribution in [0.1, 0.15) is 24.0 Å². The fourth-order valence-electron chi connectivity index (χ4n) is 7.00. The molecule has 4 aromatic rings. The maximum atomic E-state index is 15.6. The van der Waals surface area contributed by atoms with E-state index in [4.69, 9.17) is 35.3 Å². The Kier molecular flexibility index (Phi) is 10.6. The highest BCUT2D eigenvalue weighted by atomic mass is 35.5. The van der Waals surface area contributed by atoms with Crippen LogP contribution in [0.3, 0.4) is 0 Å². The molecule has 0 unspecified atom stereocenters. The lowest BCUT2D eigenvalue weighted by atomic mass is 9.80. The first-order chi connectivity index (χ1) is 25.4. The van der Waals surface area contributed by atoms with Gasteiger partial charge in [0.25, 0.3) is 15.9 Å². The van der Waals surface area contributed by atoms with Gasteiger partial charge in [-0.3, -0.25) is 14.5 Å². The SMILES string of the molecule is COc1ccc(S(=O)(=O)N2C(=O)[C@@](c3ccccc3OC)(N3C[C@H](OC(=O)Oc4ccccc4)C[C@H]3CC(=O)N(C)C)c3cc(Cl)ccc32)c(OC)c1.